The first-order valence-corrected chi connectivity index (χ1v) is 7.22. The first-order valence-electron chi connectivity index (χ1n) is 7.22. The molecule has 0 aliphatic rings. The first kappa shape index (κ1) is 17.0. The minimum absolute atomic E-state index is 0.0604. The van der Waals surface area contributed by atoms with Gasteiger partial charge in [0, 0.05) is 30.4 Å². The van der Waals surface area contributed by atoms with Crippen molar-refractivity contribution in [1.82, 2.24) is 9.88 Å². The number of aromatic nitrogens is 1. The Bertz CT molecular complexity index is 575. The summed E-state index contributed by atoms with van der Waals surface area (Å²) in [6, 6.07) is 1.27. The highest BCUT2D eigenvalue weighted by molar-refractivity contribution is 5.92. The van der Waals surface area contributed by atoms with Crippen molar-refractivity contribution in [2.45, 2.75) is 52.6 Å². The summed E-state index contributed by atoms with van der Waals surface area (Å²) < 4.78 is 1.79. The fraction of sp³-hybridized carbons (Fsp3) is 0.500. The number of hydrogen-bond donors (Lipinski definition) is 2. The summed E-state index contributed by atoms with van der Waals surface area (Å²) >= 11 is 0. The molecule has 5 heteroatoms. The molecule has 1 amide bonds. The molecule has 1 atom stereocenters. The van der Waals surface area contributed by atoms with E-state index in [1.165, 1.54) is 6.07 Å². The Labute approximate surface area is 125 Å². The quantitative estimate of drug-likeness (QED) is 0.756. The molecule has 0 aliphatic heterocycles. The third-order valence-electron chi connectivity index (χ3n) is 3.46. The van der Waals surface area contributed by atoms with E-state index in [1.54, 1.807) is 24.6 Å². The monoisotopic (exact) mass is 292 g/mol. The van der Waals surface area contributed by atoms with E-state index < -0.39 is 0 Å². The van der Waals surface area contributed by atoms with Gasteiger partial charge in [0.25, 0.3) is 0 Å². The molecule has 116 valence electrons. The predicted octanol–water partition coefficient (Wildman–Crippen LogP) is 2.11. The van der Waals surface area contributed by atoms with Crippen molar-refractivity contribution < 1.29 is 9.90 Å². The molecule has 0 bridgehead atoms. The minimum atomic E-state index is -0.389. The molecule has 1 unspecified atom stereocenters. The predicted molar refractivity (Wildman–Crippen MR) is 83.4 cm³/mol. The normalized spacial score (nSPS) is 12.0. The van der Waals surface area contributed by atoms with Gasteiger partial charge in [-0.3, -0.25) is 9.59 Å². The summed E-state index contributed by atoms with van der Waals surface area (Å²) in [6.45, 7) is 9.60. The maximum atomic E-state index is 11.8. The number of nitrogens with zero attached hydrogens (tertiary/aromatic N) is 1. The molecule has 0 spiro atoms. The van der Waals surface area contributed by atoms with Gasteiger partial charge in [-0.25, -0.2) is 0 Å². The Balaban J connectivity index is 2.90. The van der Waals surface area contributed by atoms with Crippen LogP contribution in [0.2, 0.25) is 0 Å². The molecule has 1 heterocycles. The zero-order valence-electron chi connectivity index (χ0n) is 13.0. The average molecular weight is 292 g/mol. The Kier molecular flexibility index (Phi) is 6.21. The second-order valence-corrected chi connectivity index (χ2v) is 5.36. The van der Waals surface area contributed by atoms with Crippen LogP contribution in [0.4, 0.5) is 0 Å². The van der Waals surface area contributed by atoms with E-state index >= 15 is 0 Å². The van der Waals surface area contributed by atoms with Gasteiger partial charge in [-0.05, 0) is 20.3 Å². The Morgan fingerprint density at radius 2 is 2.19 bits per heavy atom. The van der Waals surface area contributed by atoms with Crippen LogP contribution in [0.3, 0.4) is 0 Å². The van der Waals surface area contributed by atoms with Crippen molar-refractivity contribution in [2.24, 2.45) is 0 Å². The average Bonchev–Trinajstić information content (AvgIpc) is 2.44. The van der Waals surface area contributed by atoms with Crippen molar-refractivity contribution in [2.75, 3.05) is 0 Å². The van der Waals surface area contributed by atoms with E-state index in [1.807, 2.05) is 0 Å². The molecule has 0 aromatic carbocycles. The zero-order chi connectivity index (χ0) is 16.0. The SMILES string of the molecule is C=C(C)C(=O)NC(CCCC)Cn1ccc(=O)c(O)c1C. The Hall–Kier alpha value is -2.04. The molecule has 0 saturated heterocycles. The molecular weight excluding hydrogens is 268 g/mol. The van der Waals surface area contributed by atoms with Gasteiger partial charge in [-0.15, -0.1) is 0 Å². The van der Waals surface area contributed by atoms with Gasteiger partial charge in [0.15, 0.2) is 5.75 Å². The summed E-state index contributed by atoms with van der Waals surface area (Å²) in [7, 11) is 0. The van der Waals surface area contributed by atoms with Gasteiger partial charge in [-0.1, -0.05) is 26.3 Å². The van der Waals surface area contributed by atoms with E-state index in [-0.39, 0.29) is 23.1 Å². The van der Waals surface area contributed by atoms with Gasteiger partial charge in [0.2, 0.25) is 11.3 Å². The van der Waals surface area contributed by atoms with Gasteiger partial charge in [0.1, 0.15) is 0 Å². The summed E-state index contributed by atoms with van der Waals surface area (Å²) in [4.78, 5) is 23.2. The molecule has 21 heavy (non-hydrogen) atoms. The maximum absolute atomic E-state index is 11.8. The van der Waals surface area contributed by atoms with E-state index in [2.05, 4.69) is 18.8 Å². The summed E-state index contributed by atoms with van der Waals surface area (Å²) in [6.07, 6.45) is 4.51. The van der Waals surface area contributed by atoms with Crippen LogP contribution in [0.15, 0.2) is 29.2 Å². The van der Waals surface area contributed by atoms with Crippen LogP contribution in [-0.2, 0) is 11.3 Å². The van der Waals surface area contributed by atoms with Crippen LogP contribution in [0.5, 0.6) is 5.75 Å². The van der Waals surface area contributed by atoms with Crippen LogP contribution in [0.25, 0.3) is 0 Å². The van der Waals surface area contributed by atoms with Crippen LogP contribution < -0.4 is 10.7 Å². The van der Waals surface area contributed by atoms with Gasteiger partial charge in [-0.2, -0.15) is 0 Å². The van der Waals surface area contributed by atoms with Gasteiger partial charge >= 0.3 is 0 Å². The Morgan fingerprint density at radius 1 is 1.52 bits per heavy atom. The molecule has 5 nitrogen and oxygen atoms in total. The van der Waals surface area contributed by atoms with Gasteiger partial charge < -0.3 is 15.0 Å². The smallest absolute Gasteiger partial charge is 0.246 e. The van der Waals surface area contributed by atoms with E-state index in [0.29, 0.717) is 17.8 Å². The molecule has 0 radical (unpaired) electrons. The highest BCUT2D eigenvalue weighted by Gasteiger charge is 2.15. The molecule has 0 fully saturated rings. The van der Waals surface area contributed by atoms with Crippen LogP contribution in [-0.4, -0.2) is 21.6 Å². The molecule has 1 aromatic heterocycles. The number of aromatic hydroxyl groups is 1. The zero-order valence-corrected chi connectivity index (χ0v) is 13.0. The van der Waals surface area contributed by atoms with Crippen LogP contribution >= 0.6 is 0 Å². The number of pyridine rings is 1. The third kappa shape index (κ3) is 4.77. The van der Waals surface area contributed by atoms with E-state index in [4.69, 9.17) is 0 Å². The molecule has 2 N–H and O–H groups in total. The number of carbonyl (C=O) groups is 1. The highest BCUT2D eigenvalue weighted by atomic mass is 16.3. The molecule has 1 aromatic rings. The minimum Gasteiger partial charge on any atom is -0.503 e. The second kappa shape index (κ2) is 7.67. The standard InChI is InChI=1S/C16H24N2O3/c1-5-6-7-13(17-16(21)11(2)3)10-18-9-8-14(19)15(20)12(18)4/h8-9,13,20H,2,5-7,10H2,1,3-4H3,(H,17,21). The van der Waals surface area contributed by atoms with Crippen molar-refractivity contribution in [3.05, 3.63) is 40.3 Å². The summed E-state index contributed by atoms with van der Waals surface area (Å²) in [5.74, 6) is -0.406. The fourth-order valence-electron chi connectivity index (χ4n) is 2.07. The van der Waals surface area contributed by atoms with E-state index in [0.717, 1.165) is 19.3 Å². The number of carbonyl (C=O) groups excluding carboxylic acids is 1. The fourth-order valence-corrected chi connectivity index (χ4v) is 2.07. The van der Waals surface area contributed by atoms with Crippen molar-refractivity contribution in [3.63, 3.8) is 0 Å². The topological polar surface area (TPSA) is 71.3 Å². The number of unbranched alkanes of at least 4 members (excludes halogenated alkanes) is 1. The number of amides is 1. The first-order chi connectivity index (χ1) is 9.86. The van der Waals surface area contributed by atoms with Crippen molar-refractivity contribution >= 4 is 5.91 Å². The number of hydrogen-bond acceptors (Lipinski definition) is 3. The van der Waals surface area contributed by atoms with E-state index in [9.17, 15) is 14.7 Å². The lowest BCUT2D eigenvalue weighted by molar-refractivity contribution is -0.118. The lowest BCUT2D eigenvalue weighted by Gasteiger charge is -2.22. The lowest BCUT2D eigenvalue weighted by Crippen LogP contribution is -2.38. The Morgan fingerprint density at radius 3 is 2.76 bits per heavy atom. The van der Waals surface area contributed by atoms with Crippen molar-refractivity contribution in [1.29, 1.82) is 0 Å². The maximum Gasteiger partial charge on any atom is 0.246 e. The second-order valence-electron chi connectivity index (χ2n) is 5.36. The number of rotatable bonds is 7. The number of nitrogens with one attached hydrogen (secondary N) is 1. The summed E-state index contributed by atoms with van der Waals surface area (Å²) in [5, 5.41) is 12.7. The largest absolute Gasteiger partial charge is 0.503 e. The van der Waals surface area contributed by atoms with Crippen molar-refractivity contribution in [3.8, 4) is 5.75 Å². The van der Waals surface area contributed by atoms with Gasteiger partial charge in [0.05, 0.1) is 5.69 Å². The molecule has 1 rings (SSSR count). The lowest BCUT2D eigenvalue weighted by atomic mass is 10.1. The molecular formula is C16H24N2O3. The van der Waals surface area contributed by atoms with Crippen LogP contribution in [0, 0.1) is 6.92 Å². The third-order valence-corrected chi connectivity index (χ3v) is 3.46. The summed E-state index contributed by atoms with van der Waals surface area (Å²) in [5.41, 5.74) is 0.587. The molecule has 0 aliphatic carbocycles. The highest BCUT2D eigenvalue weighted by Crippen LogP contribution is 2.12. The van der Waals surface area contributed by atoms with Crippen LogP contribution in [0.1, 0.15) is 38.8 Å². The molecule has 0 saturated carbocycles.